The summed E-state index contributed by atoms with van der Waals surface area (Å²) in [6.45, 7) is 2.34. The first kappa shape index (κ1) is 21.1. The highest BCUT2D eigenvalue weighted by Crippen LogP contribution is 2.38. The Kier molecular flexibility index (Phi) is 6.75. The zero-order valence-electron chi connectivity index (χ0n) is 16.3. The highest BCUT2D eigenvalue weighted by atomic mass is 35.5. The van der Waals surface area contributed by atoms with E-state index < -0.39 is 11.9 Å². The number of halogens is 1. The van der Waals surface area contributed by atoms with E-state index in [2.05, 4.69) is 0 Å². The third kappa shape index (κ3) is 4.88. The zero-order valence-corrected chi connectivity index (χ0v) is 17.1. The van der Waals surface area contributed by atoms with E-state index in [0.29, 0.717) is 30.8 Å². The SMILES string of the molecule is CCC(Cn1ccccc1=O)N1C(=O)C(CC(=O)O)CCC1c1ccc(Cl)cc1. The fraction of sp³-hybridized carbons (Fsp3) is 0.409. The molecule has 0 aliphatic carbocycles. The third-order valence-corrected chi connectivity index (χ3v) is 5.83. The fourth-order valence-electron chi connectivity index (χ4n) is 4.09. The number of piperidine rings is 1. The number of benzene rings is 1. The summed E-state index contributed by atoms with van der Waals surface area (Å²) >= 11 is 6.03. The zero-order chi connectivity index (χ0) is 21.0. The average Bonchev–Trinajstić information content (AvgIpc) is 2.70. The van der Waals surface area contributed by atoms with Crippen LogP contribution in [0.25, 0.3) is 0 Å². The number of amides is 1. The van der Waals surface area contributed by atoms with Crippen LogP contribution in [0.3, 0.4) is 0 Å². The largest absolute Gasteiger partial charge is 0.481 e. The second kappa shape index (κ2) is 9.27. The van der Waals surface area contributed by atoms with Crippen molar-refractivity contribution in [2.45, 2.75) is 51.2 Å². The number of nitrogens with zero attached hydrogens (tertiary/aromatic N) is 2. The van der Waals surface area contributed by atoms with E-state index >= 15 is 0 Å². The maximum absolute atomic E-state index is 13.3. The number of aromatic nitrogens is 1. The number of pyridine rings is 1. The van der Waals surface area contributed by atoms with E-state index in [1.165, 1.54) is 6.07 Å². The maximum atomic E-state index is 13.3. The third-order valence-electron chi connectivity index (χ3n) is 5.57. The standard InChI is InChI=1S/C22H25ClN2O4/c1-2-18(14-24-12-4-3-5-20(24)26)25-19(15-6-9-17(23)10-7-15)11-8-16(22(25)29)13-21(27)28/h3-7,9-10,12,16,18-19H,2,8,11,13-14H2,1H3,(H,27,28). The quantitative estimate of drug-likeness (QED) is 0.745. The van der Waals surface area contributed by atoms with E-state index in [1.807, 2.05) is 19.1 Å². The smallest absolute Gasteiger partial charge is 0.304 e. The molecule has 29 heavy (non-hydrogen) atoms. The molecule has 2 heterocycles. The molecular formula is C22H25ClN2O4. The van der Waals surface area contributed by atoms with Crippen LogP contribution < -0.4 is 5.56 Å². The van der Waals surface area contributed by atoms with Gasteiger partial charge in [-0.1, -0.05) is 36.7 Å². The first-order chi connectivity index (χ1) is 13.9. The highest BCUT2D eigenvalue weighted by Gasteiger charge is 2.40. The van der Waals surface area contributed by atoms with Crippen LogP contribution in [0.1, 0.15) is 44.2 Å². The van der Waals surface area contributed by atoms with E-state index in [1.54, 1.807) is 39.9 Å². The Balaban J connectivity index is 1.96. The molecule has 3 rings (SSSR count). The Morgan fingerprint density at radius 2 is 1.90 bits per heavy atom. The summed E-state index contributed by atoms with van der Waals surface area (Å²) < 4.78 is 1.60. The van der Waals surface area contributed by atoms with Crippen LogP contribution in [0.2, 0.25) is 5.02 Å². The Bertz CT molecular complexity index is 925. The van der Waals surface area contributed by atoms with Crippen LogP contribution in [0, 0.1) is 5.92 Å². The summed E-state index contributed by atoms with van der Waals surface area (Å²) in [5.74, 6) is -1.67. The van der Waals surface area contributed by atoms with Gasteiger partial charge in [-0.2, -0.15) is 0 Å². The molecule has 2 aromatic rings. The van der Waals surface area contributed by atoms with Gasteiger partial charge in [0.2, 0.25) is 5.91 Å². The molecule has 6 nitrogen and oxygen atoms in total. The molecule has 1 aliphatic heterocycles. The normalized spacial score (nSPS) is 20.5. The van der Waals surface area contributed by atoms with Gasteiger partial charge in [0.1, 0.15) is 0 Å². The number of carbonyl (C=O) groups excluding carboxylic acids is 1. The van der Waals surface area contributed by atoms with E-state index in [4.69, 9.17) is 11.6 Å². The lowest BCUT2D eigenvalue weighted by atomic mass is 9.85. The summed E-state index contributed by atoms with van der Waals surface area (Å²) in [6.07, 6.45) is 3.38. The van der Waals surface area contributed by atoms with Gasteiger partial charge in [0.15, 0.2) is 0 Å². The molecule has 1 N–H and O–H groups in total. The predicted octanol–water partition coefficient (Wildman–Crippen LogP) is 3.73. The van der Waals surface area contributed by atoms with Gasteiger partial charge < -0.3 is 14.6 Å². The van der Waals surface area contributed by atoms with Crippen molar-refractivity contribution < 1.29 is 14.7 Å². The highest BCUT2D eigenvalue weighted by molar-refractivity contribution is 6.30. The summed E-state index contributed by atoms with van der Waals surface area (Å²) in [4.78, 5) is 38.6. The Morgan fingerprint density at radius 3 is 2.52 bits per heavy atom. The van der Waals surface area contributed by atoms with Crippen molar-refractivity contribution in [3.63, 3.8) is 0 Å². The van der Waals surface area contributed by atoms with Gasteiger partial charge in [-0.3, -0.25) is 14.4 Å². The van der Waals surface area contributed by atoms with E-state index in [0.717, 1.165) is 5.56 Å². The van der Waals surface area contributed by atoms with Gasteiger partial charge in [-0.25, -0.2) is 0 Å². The van der Waals surface area contributed by atoms with Crippen molar-refractivity contribution in [3.05, 3.63) is 69.6 Å². The molecule has 154 valence electrons. The number of hydrogen-bond donors (Lipinski definition) is 1. The molecule has 1 aromatic heterocycles. The van der Waals surface area contributed by atoms with Gasteiger partial charge in [0, 0.05) is 29.7 Å². The molecule has 0 spiro atoms. The summed E-state index contributed by atoms with van der Waals surface area (Å²) in [6, 6.07) is 12.0. The number of rotatable bonds is 7. The number of carboxylic acids is 1. The van der Waals surface area contributed by atoms with Crippen LogP contribution in [0.4, 0.5) is 0 Å². The lowest BCUT2D eigenvalue weighted by Crippen LogP contribution is -2.51. The van der Waals surface area contributed by atoms with Crippen molar-refractivity contribution in [2.75, 3.05) is 0 Å². The van der Waals surface area contributed by atoms with Gasteiger partial charge in [0.25, 0.3) is 5.56 Å². The van der Waals surface area contributed by atoms with Crippen molar-refractivity contribution >= 4 is 23.5 Å². The average molecular weight is 417 g/mol. The van der Waals surface area contributed by atoms with Crippen LogP contribution >= 0.6 is 11.6 Å². The fourth-order valence-corrected chi connectivity index (χ4v) is 4.21. The molecule has 0 saturated carbocycles. The Hall–Kier alpha value is -2.60. The molecule has 7 heteroatoms. The number of carbonyl (C=O) groups is 2. The van der Waals surface area contributed by atoms with E-state index in [9.17, 15) is 19.5 Å². The molecule has 1 fully saturated rings. The lowest BCUT2D eigenvalue weighted by molar-refractivity contribution is -0.151. The first-order valence-electron chi connectivity index (χ1n) is 9.85. The number of carboxylic acid groups (broad SMARTS) is 1. The predicted molar refractivity (Wildman–Crippen MR) is 111 cm³/mol. The molecule has 0 radical (unpaired) electrons. The topological polar surface area (TPSA) is 79.6 Å². The minimum Gasteiger partial charge on any atom is -0.481 e. The summed E-state index contributed by atoms with van der Waals surface area (Å²) in [5, 5.41) is 9.84. The summed E-state index contributed by atoms with van der Waals surface area (Å²) in [5.41, 5.74) is 0.843. The minimum absolute atomic E-state index is 0.125. The van der Waals surface area contributed by atoms with Crippen molar-refractivity contribution in [3.8, 4) is 0 Å². The first-order valence-corrected chi connectivity index (χ1v) is 10.2. The van der Waals surface area contributed by atoms with Gasteiger partial charge in [-0.15, -0.1) is 0 Å². The molecule has 3 atom stereocenters. The number of aliphatic carboxylic acids is 1. The Labute approximate surface area is 174 Å². The summed E-state index contributed by atoms with van der Waals surface area (Å²) in [7, 11) is 0. The van der Waals surface area contributed by atoms with Crippen molar-refractivity contribution in [1.29, 1.82) is 0 Å². The van der Waals surface area contributed by atoms with Crippen LogP contribution in [-0.2, 0) is 16.1 Å². The second-order valence-corrected chi connectivity index (χ2v) is 7.87. The molecular weight excluding hydrogens is 392 g/mol. The van der Waals surface area contributed by atoms with Crippen LogP contribution in [-0.4, -0.2) is 32.5 Å². The lowest BCUT2D eigenvalue weighted by Gasteiger charge is -2.44. The van der Waals surface area contributed by atoms with Crippen molar-refractivity contribution in [2.24, 2.45) is 5.92 Å². The van der Waals surface area contributed by atoms with Crippen LogP contribution in [0.15, 0.2) is 53.5 Å². The molecule has 1 aromatic carbocycles. The van der Waals surface area contributed by atoms with Gasteiger partial charge >= 0.3 is 5.97 Å². The minimum atomic E-state index is -0.972. The maximum Gasteiger partial charge on any atom is 0.304 e. The molecule has 3 unspecified atom stereocenters. The number of likely N-dealkylation sites (tertiary alicyclic amines) is 1. The van der Waals surface area contributed by atoms with Crippen molar-refractivity contribution in [1.82, 2.24) is 9.47 Å². The molecule has 0 bridgehead atoms. The monoisotopic (exact) mass is 416 g/mol. The Morgan fingerprint density at radius 1 is 1.17 bits per heavy atom. The molecule has 1 saturated heterocycles. The second-order valence-electron chi connectivity index (χ2n) is 7.44. The van der Waals surface area contributed by atoms with Gasteiger partial charge in [-0.05, 0) is 43.0 Å². The molecule has 1 aliphatic rings. The number of hydrogen-bond acceptors (Lipinski definition) is 3. The molecule has 1 amide bonds. The van der Waals surface area contributed by atoms with Crippen LogP contribution in [0.5, 0.6) is 0 Å². The van der Waals surface area contributed by atoms with E-state index in [-0.39, 0.29) is 30.0 Å². The van der Waals surface area contributed by atoms with Gasteiger partial charge in [0.05, 0.1) is 18.5 Å².